The van der Waals surface area contributed by atoms with Crippen molar-refractivity contribution in [2.24, 2.45) is 5.92 Å². The van der Waals surface area contributed by atoms with Crippen molar-refractivity contribution < 1.29 is 46.9 Å². The SMILES string of the molecule is C=C[C@@H]1C[C@]1(NC(=O)N1C[C@@H](Oc2cc(-c3nc(C(F)(F)F)cs3)nc3c(C)c(OC)ccc23)C[C@H]1C(=O)O)C(=O)OC. The van der Waals surface area contributed by atoms with Gasteiger partial charge >= 0.3 is 24.1 Å². The molecule has 2 aromatic heterocycles. The number of halogens is 3. The molecule has 2 aliphatic rings. The van der Waals surface area contributed by atoms with Gasteiger partial charge in [-0.3, -0.25) is 0 Å². The monoisotopic (exact) mass is 620 g/mol. The van der Waals surface area contributed by atoms with Crippen LogP contribution in [0, 0.1) is 12.8 Å². The summed E-state index contributed by atoms with van der Waals surface area (Å²) in [6.07, 6.45) is -3.77. The number of amides is 2. The van der Waals surface area contributed by atoms with Gasteiger partial charge in [0.1, 0.15) is 39.9 Å². The Balaban J connectivity index is 1.47. The number of fused-ring (bicyclic) bond motifs is 1. The van der Waals surface area contributed by atoms with Crippen LogP contribution in [-0.2, 0) is 20.5 Å². The minimum atomic E-state index is -4.64. The number of methoxy groups -OCH3 is 2. The minimum absolute atomic E-state index is 0.00597. The number of hydrogen-bond donors (Lipinski definition) is 2. The zero-order chi connectivity index (χ0) is 31.3. The second-order valence-corrected chi connectivity index (χ2v) is 11.1. The zero-order valence-corrected chi connectivity index (χ0v) is 24.0. The van der Waals surface area contributed by atoms with E-state index in [-0.39, 0.29) is 41.8 Å². The number of ether oxygens (including phenoxy) is 3. The highest BCUT2D eigenvalue weighted by Gasteiger charge is 2.62. The number of carboxylic acid groups (broad SMARTS) is 1. The highest BCUT2D eigenvalue weighted by molar-refractivity contribution is 7.13. The van der Waals surface area contributed by atoms with Crippen LogP contribution in [0.3, 0.4) is 0 Å². The van der Waals surface area contributed by atoms with E-state index in [0.717, 1.165) is 21.6 Å². The van der Waals surface area contributed by atoms with Gasteiger partial charge in [-0.25, -0.2) is 24.4 Å². The smallest absolute Gasteiger partial charge is 0.434 e. The summed E-state index contributed by atoms with van der Waals surface area (Å²) in [5, 5.41) is 13.9. The zero-order valence-electron chi connectivity index (χ0n) is 23.2. The Kier molecular flexibility index (Phi) is 7.71. The van der Waals surface area contributed by atoms with E-state index in [2.05, 4.69) is 21.9 Å². The molecule has 0 bridgehead atoms. The summed E-state index contributed by atoms with van der Waals surface area (Å²) >= 11 is 0.767. The Morgan fingerprint density at radius 2 is 1.98 bits per heavy atom. The lowest BCUT2D eigenvalue weighted by Gasteiger charge is -2.25. The number of carbonyl (C=O) groups excluding carboxylic acids is 2. The summed E-state index contributed by atoms with van der Waals surface area (Å²) in [5.74, 6) is -1.60. The fourth-order valence-electron chi connectivity index (χ4n) is 5.30. The number of benzene rings is 1. The molecule has 1 aliphatic heterocycles. The maximum Gasteiger partial charge on any atom is 0.434 e. The van der Waals surface area contributed by atoms with Crippen molar-refractivity contribution in [1.29, 1.82) is 0 Å². The quantitative estimate of drug-likeness (QED) is 0.277. The van der Waals surface area contributed by atoms with Crippen molar-refractivity contribution in [2.45, 2.75) is 43.6 Å². The maximum absolute atomic E-state index is 13.3. The molecular formula is C28H27F3N4O7S. The molecule has 4 atom stereocenters. The van der Waals surface area contributed by atoms with Gasteiger partial charge in [-0.1, -0.05) is 6.08 Å². The summed E-state index contributed by atoms with van der Waals surface area (Å²) in [6, 6.07) is 2.74. The second kappa shape index (κ2) is 11.0. The number of likely N-dealkylation sites (tertiary alicyclic amines) is 1. The lowest BCUT2D eigenvalue weighted by atomic mass is 10.1. The molecule has 228 valence electrons. The average Bonchev–Trinajstić information content (AvgIpc) is 3.28. The Morgan fingerprint density at radius 3 is 2.56 bits per heavy atom. The molecule has 0 radical (unpaired) electrons. The first-order chi connectivity index (χ1) is 20.3. The molecule has 43 heavy (non-hydrogen) atoms. The number of nitrogens with one attached hydrogen (secondary N) is 1. The van der Waals surface area contributed by atoms with Gasteiger partial charge in [0, 0.05) is 34.7 Å². The summed E-state index contributed by atoms with van der Waals surface area (Å²) < 4.78 is 56.3. The third kappa shape index (κ3) is 5.44. The third-order valence-electron chi connectivity index (χ3n) is 7.66. The Hall–Kier alpha value is -4.40. The normalized spacial score (nSPS) is 23.1. The predicted molar refractivity (Wildman–Crippen MR) is 148 cm³/mol. The molecule has 1 saturated heterocycles. The molecule has 1 aromatic carbocycles. The number of esters is 1. The summed E-state index contributed by atoms with van der Waals surface area (Å²) in [4.78, 5) is 47.2. The number of pyridine rings is 1. The number of urea groups is 1. The van der Waals surface area contributed by atoms with Gasteiger partial charge in [0.2, 0.25) is 0 Å². The molecule has 1 saturated carbocycles. The van der Waals surface area contributed by atoms with Crippen molar-refractivity contribution in [3.63, 3.8) is 0 Å². The lowest BCUT2D eigenvalue weighted by Crippen LogP contribution is -2.53. The number of aryl methyl sites for hydroxylation is 1. The molecule has 2 N–H and O–H groups in total. The fraction of sp³-hybridized carbons (Fsp3) is 0.393. The number of nitrogens with zero attached hydrogens (tertiary/aromatic N) is 3. The first kappa shape index (κ1) is 30.1. The van der Waals surface area contributed by atoms with Crippen LogP contribution in [0.5, 0.6) is 11.5 Å². The van der Waals surface area contributed by atoms with E-state index in [4.69, 9.17) is 14.2 Å². The van der Waals surface area contributed by atoms with E-state index >= 15 is 0 Å². The molecule has 3 heterocycles. The van der Waals surface area contributed by atoms with Crippen LogP contribution in [0.4, 0.5) is 18.0 Å². The first-order valence-corrected chi connectivity index (χ1v) is 13.9. The second-order valence-electron chi connectivity index (χ2n) is 10.3. The topological polar surface area (TPSA) is 140 Å². The highest BCUT2D eigenvalue weighted by Crippen LogP contribution is 2.46. The molecule has 0 unspecified atom stereocenters. The molecule has 2 amide bonds. The summed E-state index contributed by atoms with van der Waals surface area (Å²) in [6.45, 7) is 5.25. The molecular weight excluding hydrogens is 593 g/mol. The van der Waals surface area contributed by atoms with E-state index in [9.17, 15) is 32.7 Å². The number of carboxylic acids is 1. The van der Waals surface area contributed by atoms with Crippen molar-refractivity contribution in [2.75, 3.05) is 20.8 Å². The number of alkyl halides is 3. The van der Waals surface area contributed by atoms with Gasteiger partial charge in [0.15, 0.2) is 5.69 Å². The molecule has 0 spiro atoms. The average molecular weight is 621 g/mol. The predicted octanol–water partition coefficient (Wildman–Crippen LogP) is 4.43. The number of hydrogen-bond acceptors (Lipinski definition) is 9. The van der Waals surface area contributed by atoms with Crippen molar-refractivity contribution in [3.05, 3.63) is 47.5 Å². The number of aliphatic carboxylic acids is 1. The van der Waals surface area contributed by atoms with Gasteiger partial charge in [0.25, 0.3) is 0 Å². The molecule has 15 heteroatoms. The minimum Gasteiger partial charge on any atom is -0.496 e. The highest BCUT2D eigenvalue weighted by atomic mass is 32.1. The van der Waals surface area contributed by atoms with E-state index in [0.29, 0.717) is 22.2 Å². The van der Waals surface area contributed by atoms with Gasteiger partial charge in [-0.2, -0.15) is 13.2 Å². The van der Waals surface area contributed by atoms with Crippen LogP contribution in [0.1, 0.15) is 24.1 Å². The van der Waals surface area contributed by atoms with Gasteiger partial charge in [-0.15, -0.1) is 17.9 Å². The third-order valence-corrected chi connectivity index (χ3v) is 8.53. The van der Waals surface area contributed by atoms with Crippen LogP contribution < -0.4 is 14.8 Å². The van der Waals surface area contributed by atoms with Crippen molar-refractivity contribution in [1.82, 2.24) is 20.2 Å². The van der Waals surface area contributed by atoms with E-state index < -0.39 is 47.5 Å². The molecule has 1 aliphatic carbocycles. The maximum atomic E-state index is 13.3. The molecule has 11 nitrogen and oxygen atoms in total. The van der Waals surface area contributed by atoms with Gasteiger partial charge < -0.3 is 29.5 Å². The summed E-state index contributed by atoms with van der Waals surface area (Å²) in [7, 11) is 2.66. The van der Waals surface area contributed by atoms with E-state index in [1.165, 1.54) is 26.4 Å². The van der Waals surface area contributed by atoms with Crippen molar-refractivity contribution >= 4 is 40.2 Å². The molecule has 5 rings (SSSR count). The van der Waals surface area contributed by atoms with Crippen LogP contribution in [-0.4, -0.2) is 76.4 Å². The van der Waals surface area contributed by atoms with Crippen molar-refractivity contribution in [3.8, 4) is 22.2 Å². The standard InChI is InChI=1S/C28H27F3N4O7S/c1-5-14-10-27(14,25(38)41-4)34-26(39)35-11-15(8-18(35)24(36)37)42-20-9-17(23-33-21(12-43-23)28(29,30)31)32-22-13(2)19(40-3)7-6-16(20)22/h5-7,9,12,14-15,18H,1,8,10-11H2,2-4H3,(H,34,39)(H,36,37)/t14-,15+,18+,27-/m1/s1. The van der Waals surface area contributed by atoms with Crippen LogP contribution in [0.25, 0.3) is 21.6 Å². The van der Waals surface area contributed by atoms with Gasteiger partial charge in [0.05, 0.1) is 26.3 Å². The van der Waals surface area contributed by atoms with Gasteiger partial charge in [-0.05, 0) is 25.5 Å². The molecule has 3 aromatic rings. The first-order valence-electron chi connectivity index (χ1n) is 13.0. The number of thiazole rings is 1. The largest absolute Gasteiger partial charge is 0.496 e. The molecule has 2 fully saturated rings. The Bertz CT molecular complexity index is 1630. The lowest BCUT2D eigenvalue weighted by molar-refractivity contribution is -0.144. The van der Waals surface area contributed by atoms with Crippen LogP contribution in [0.15, 0.2) is 36.2 Å². The van der Waals surface area contributed by atoms with Crippen LogP contribution in [0.2, 0.25) is 0 Å². The number of aromatic nitrogens is 2. The fourth-order valence-corrected chi connectivity index (χ4v) is 6.08. The Morgan fingerprint density at radius 1 is 1.23 bits per heavy atom. The van der Waals surface area contributed by atoms with Crippen LogP contribution >= 0.6 is 11.3 Å². The number of rotatable bonds is 8. The van der Waals surface area contributed by atoms with E-state index in [1.54, 1.807) is 19.1 Å². The van der Waals surface area contributed by atoms with E-state index in [1.807, 2.05) is 0 Å². The summed E-state index contributed by atoms with van der Waals surface area (Å²) in [5.41, 5.74) is -1.27. The Labute approximate surface area is 247 Å². The number of carbonyl (C=O) groups is 3.